The summed E-state index contributed by atoms with van der Waals surface area (Å²) in [6.45, 7) is 9.73. The van der Waals surface area contributed by atoms with Crippen LogP contribution in [0.25, 0.3) is 0 Å². The van der Waals surface area contributed by atoms with Crippen LogP contribution in [-0.4, -0.2) is 48.7 Å². The molecule has 1 aliphatic rings. The van der Waals surface area contributed by atoms with E-state index >= 15 is 0 Å². The van der Waals surface area contributed by atoms with Gasteiger partial charge in [0, 0.05) is 25.2 Å². The second-order valence-electron chi connectivity index (χ2n) is 7.62. The molecule has 0 amide bonds. The van der Waals surface area contributed by atoms with Crippen molar-refractivity contribution in [2.24, 2.45) is 4.99 Å². The summed E-state index contributed by atoms with van der Waals surface area (Å²) in [6, 6.07) is 2.78. The summed E-state index contributed by atoms with van der Waals surface area (Å²) in [6.07, 6.45) is 8.05. The molecule has 1 heterocycles. The van der Waals surface area contributed by atoms with Crippen LogP contribution in [0.2, 0.25) is 0 Å². The van der Waals surface area contributed by atoms with Gasteiger partial charge >= 0.3 is 0 Å². The molecule has 2 N–H and O–H groups in total. The van der Waals surface area contributed by atoms with Crippen LogP contribution in [-0.2, 0) is 6.54 Å². The van der Waals surface area contributed by atoms with Gasteiger partial charge in [-0.2, -0.15) is 0 Å². The standard InChI is InChI=1S/C20H37N5O/c1-5-21-20(23-15-18-14-19(16(2)3)24-26-18)22-12-9-13-25(4)17-10-7-6-8-11-17/h14,16-17H,5-13,15H2,1-4H3,(H2,21,22,23). The number of hydrogen-bond acceptors (Lipinski definition) is 4. The van der Waals surface area contributed by atoms with Crippen LogP contribution in [0.4, 0.5) is 0 Å². The summed E-state index contributed by atoms with van der Waals surface area (Å²) < 4.78 is 5.36. The summed E-state index contributed by atoms with van der Waals surface area (Å²) in [5, 5.41) is 10.8. The molecule has 0 unspecified atom stereocenters. The molecule has 0 saturated heterocycles. The molecule has 6 nitrogen and oxygen atoms in total. The summed E-state index contributed by atoms with van der Waals surface area (Å²) in [7, 11) is 2.27. The van der Waals surface area contributed by atoms with E-state index < -0.39 is 0 Å². The summed E-state index contributed by atoms with van der Waals surface area (Å²) in [5.74, 6) is 2.03. The Morgan fingerprint density at radius 3 is 2.73 bits per heavy atom. The minimum atomic E-state index is 0.379. The van der Waals surface area contributed by atoms with Crippen molar-refractivity contribution in [3.63, 3.8) is 0 Å². The predicted molar refractivity (Wildman–Crippen MR) is 108 cm³/mol. The van der Waals surface area contributed by atoms with Gasteiger partial charge in [-0.15, -0.1) is 0 Å². The lowest BCUT2D eigenvalue weighted by atomic mass is 9.94. The van der Waals surface area contributed by atoms with E-state index in [9.17, 15) is 0 Å². The number of aliphatic imine (C=N–C) groups is 1. The molecular formula is C20H37N5O. The van der Waals surface area contributed by atoms with Gasteiger partial charge in [0.1, 0.15) is 6.54 Å². The maximum Gasteiger partial charge on any atom is 0.191 e. The maximum atomic E-state index is 5.36. The van der Waals surface area contributed by atoms with Gasteiger partial charge in [0.25, 0.3) is 0 Å². The van der Waals surface area contributed by atoms with Gasteiger partial charge in [0.15, 0.2) is 11.7 Å². The molecule has 0 aliphatic heterocycles. The van der Waals surface area contributed by atoms with Gasteiger partial charge in [-0.1, -0.05) is 38.3 Å². The molecule has 1 aromatic heterocycles. The Labute approximate surface area is 158 Å². The molecule has 148 valence electrons. The molecule has 1 aliphatic carbocycles. The van der Waals surface area contributed by atoms with Gasteiger partial charge in [-0.05, 0) is 45.7 Å². The molecule has 1 fully saturated rings. The average molecular weight is 364 g/mol. The lowest BCUT2D eigenvalue weighted by molar-refractivity contribution is 0.190. The van der Waals surface area contributed by atoms with Crippen molar-refractivity contribution in [3.05, 3.63) is 17.5 Å². The van der Waals surface area contributed by atoms with E-state index in [1.165, 1.54) is 32.1 Å². The molecular weight excluding hydrogens is 326 g/mol. The van der Waals surface area contributed by atoms with Crippen molar-refractivity contribution >= 4 is 5.96 Å². The van der Waals surface area contributed by atoms with Crippen molar-refractivity contribution in [2.75, 3.05) is 26.7 Å². The van der Waals surface area contributed by atoms with Crippen LogP contribution in [0.5, 0.6) is 0 Å². The van der Waals surface area contributed by atoms with Crippen molar-refractivity contribution in [1.82, 2.24) is 20.7 Å². The van der Waals surface area contributed by atoms with E-state index in [1.807, 2.05) is 6.07 Å². The van der Waals surface area contributed by atoms with Crippen molar-refractivity contribution in [1.29, 1.82) is 0 Å². The van der Waals surface area contributed by atoms with E-state index in [0.717, 1.165) is 49.5 Å². The number of guanidine groups is 1. The molecule has 6 heteroatoms. The Morgan fingerprint density at radius 1 is 1.31 bits per heavy atom. The first-order valence-electron chi connectivity index (χ1n) is 10.3. The van der Waals surface area contributed by atoms with Crippen molar-refractivity contribution < 1.29 is 4.52 Å². The topological polar surface area (TPSA) is 65.7 Å². The molecule has 1 saturated carbocycles. The molecule has 1 aromatic rings. The average Bonchev–Trinajstić information content (AvgIpc) is 3.13. The first-order valence-corrected chi connectivity index (χ1v) is 10.3. The van der Waals surface area contributed by atoms with Gasteiger partial charge in [0.2, 0.25) is 0 Å². The zero-order valence-corrected chi connectivity index (χ0v) is 17.1. The highest BCUT2D eigenvalue weighted by Crippen LogP contribution is 2.21. The fraction of sp³-hybridized carbons (Fsp3) is 0.800. The third-order valence-corrected chi connectivity index (χ3v) is 5.08. The number of hydrogen-bond donors (Lipinski definition) is 2. The number of nitrogens with zero attached hydrogens (tertiary/aromatic N) is 3. The van der Waals surface area contributed by atoms with Crippen LogP contribution >= 0.6 is 0 Å². The first-order chi connectivity index (χ1) is 12.6. The monoisotopic (exact) mass is 363 g/mol. The Morgan fingerprint density at radius 2 is 2.08 bits per heavy atom. The lowest BCUT2D eigenvalue weighted by Crippen LogP contribution is -2.39. The van der Waals surface area contributed by atoms with Crippen LogP contribution in [0.1, 0.15) is 76.7 Å². The first kappa shape index (κ1) is 20.7. The van der Waals surface area contributed by atoms with Gasteiger partial charge < -0.3 is 20.1 Å². The summed E-state index contributed by atoms with van der Waals surface area (Å²) in [4.78, 5) is 7.14. The van der Waals surface area contributed by atoms with Gasteiger partial charge in [-0.3, -0.25) is 0 Å². The fourth-order valence-corrected chi connectivity index (χ4v) is 3.41. The Hall–Kier alpha value is -1.56. The van der Waals surface area contributed by atoms with Gasteiger partial charge in [-0.25, -0.2) is 4.99 Å². The molecule has 0 spiro atoms. The predicted octanol–water partition coefficient (Wildman–Crippen LogP) is 3.51. The largest absolute Gasteiger partial charge is 0.359 e. The van der Waals surface area contributed by atoms with Crippen LogP contribution in [0, 0.1) is 0 Å². The lowest BCUT2D eigenvalue weighted by Gasteiger charge is -2.31. The summed E-state index contributed by atoms with van der Waals surface area (Å²) in [5.41, 5.74) is 0.985. The number of aromatic nitrogens is 1. The normalized spacial score (nSPS) is 16.5. The minimum Gasteiger partial charge on any atom is -0.359 e. The van der Waals surface area contributed by atoms with E-state index in [2.05, 4.69) is 53.5 Å². The van der Waals surface area contributed by atoms with E-state index in [-0.39, 0.29) is 0 Å². The van der Waals surface area contributed by atoms with Crippen LogP contribution < -0.4 is 10.6 Å². The second kappa shape index (κ2) is 11.2. The van der Waals surface area contributed by atoms with Gasteiger partial charge in [0.05, 0.1) is 5.69 Å². The quantitative estimate of drug-likeness (QED) is 0.399. The highest BCUT2D eigenvalue weighted by molar-refractivity contribution is 5.79. The highest BCUT2D eigenvalue weighted by Gasteiger charge is 2.17. The van der Waals surface area contributed by atoms with Crippen LogP contribution in [0.3, 0.4) is 0 Å². The third-order valence-electron chi connectivity index (χ3n) is 5.08. The molecule has 0 atom stereocenters. The van der Waals surface area contributed by atoms with Crippen molar-refractivity contribution in [3.8, 4) is 0 Å². The Kier molecular flexibility index (Phi) is 8.95. The molecule has 0 radical (unpaired) electrons. The zero-order valence-electron chi connectivity index (χ0n) is 17.1. The summed E-state index contributed by atoms with van der Waals surface area (Å²) >= 11 is 0. The molecule has 26 heavy (non-hydrogen) atoms. The minimum absolute atomic E-state index is 0.379. The van der Waals surface area contributed by atoms with E-state index in [0.29, 0.717) is 12.5 Å². The van der Waals surface area contributed by atoms with Crippen LogP contribution in [0.15, 0.2) is 15.6 Å². The van der Waals surface area contributed by atoms with Crippen molar-refractivity contribution in [2.45, 2.75) is 77.8 Å². The number of rotatable bonds is 9. The second-order valence-corrected chi connectivity index (χ2v) is 7.62. The molecule has 0 aromatic carbocycles. The Balaban J connectivity index is 1.72. The third kappa shape index (κ3) is 6.98. The smallest absolute Gasteiger partial charge is 0.191 e. The fourth-order valence-electron chi connectivity index (χ4n) is 3.41. The van der Waals surface area contributed by atoms with E-state index in [1.54, 1.807) is 0 Å². The van der Waals surface area contributed by atoms with E-state index in [4.69, 9.17) is 4.52 Å². The molecule has 2 rings (SSSR count). The Bertz CT molecular complexity index is 534. The zero-order chi connectivity index (χ0) is 18.8. The molecule has 0 bridgehead atoms. The SMILES string of the molecule is CCNC(=NCc1cc(C(C)C)no1)NCCCN(C)C1CCCCC1. The number of nitrogens with one attached hydrogen (secondary N) is 2. The maximum absolute atomic E-state index is 5.36. The highest BCUT2D eigenvalue weighted by atomic mass is 16.5.